The Kier molecular flexibility index (Phi) is 3.79. The van der Waals surface area contributed by atoms with Crippen molar-refractivity contribution >= 4 is 29.0 Å². The Morgan fingerprint density at radius 2 is 1.83 bits per heavy atom. The molecule has 0 saturated heterocycles. The fraction of sp³-hybridized carbons (Fsp3) is 0.0833. The molecule has 0 atom stereocenters. The van der Waals surface area contributed by atoms with Crippen LogP contribution in [0.1, 0.15) is 0 Å². The topological polar surface area (TPSA) is 57.4 Å². The van der Waals surface area contributed by atoms with E-state index >= 15 is 0 Å². The van der Waals surface area contributed by atoms with Crippen LogP contribution in [0.15, 0.2) is 30.3 Å². The van der Waals surface area contributed by atoms with Crippen molar-refractivity contribution in [1.29, 1.82) is 0 Å². The van der Waals surface area contributed by atoms with E-state index in [-0.39, 0.29) is 16.7 Å². The molecule has 6 heteroatoms. The van der Waals surface area contributed by atoms with Crippen molar-refractivity contribution in [3.63, 3.8) is 0 Å². The highest BCUT2D eigenvalue weighted by molar-refractivity contribution is 6.36. The molecule has 2 aromatic rings. The van der Waals surface area contributed by atoms with Crippen molar-refractivity contribution in [3.05, 3.63) is 40.5 Å². The van der Waals surface area contributed by atoms with Crippen LogP contribution in [-0.2, 0) is 0 Å². The lowest BCUT2D eigenvalue weighted by Crippen LogP contribution is -1.95. The van der Waals surface area contributed by atoms with Gasteiger partial charge in [0.15, 0.2) is 22.4 Å². The largest absolute Gasteiger partial charge is 0.493 e. The van der Waals surface area contributed by atoms with Gasteiger partial charge in [0, 0.05) is 6.07 Å². The normalized spacial score (nSPS) is 10.2. The monoisotopic (exact) mass is 284 g/mol. The van der Waals surface area contributed by atoms with E-state index in [0.717, 1.165) is 0 Å². The number of nitrogens with two attached hydrogens (primary N) is 1. The van der Waals surface area contributed by atoms with Crippen LogP contribution in [0.2, 0.25) is 10.2 Å². The number of benzene rings is 1. The summed E-state index contributed by atoms with van der Waals surface area (Å²) < 4.78 is 10.8. The van der Waals surface area contributed by atoms with Crippen molar-refractivity contribution in [2.75, 3.05) is 12.8 Å². The fourth-order valence-corrected chi connectivity index (χ4v) is 1.92. The third-order valence-corrected chi connectivity index (χ3v) is 2.72. The van der Waals surface area contributed by atoms with Crippen LogP contribution < -0.4 is 15.2 Å². The second kappa shape index (κ2) is 5.33. The molecule has 0 amide bonds. The lowest BCUT2D eigenvalue weighted by molar-refractivity contribution is 0.378. The van der Waals surface area contributed by atoms with Crippen LogP contribution in [0, 0.1) is 0 Å². The molecule has 0 aliphatic heterocycles. The third kappa shape index (κ3) is 2.60. The lowest BCUT2D eigenvalue weighted by atomic mass is 10.3. The molecule has 0 aliphatic carbocycles. The minimum Gasteiger partial charge on any atom is -0.493 e. The number of aromatic nitrogens is 1. The zero-order chi connectivity index (χ0) is 13.1. The van der Waals surface area contributed by atoms with E-state index in [0.29, 0.717) is 16.5 Å². The van der Waals surface area contributed by atoms with Crippen molar-refractivity contribution in [2.45, 2.75) is 0 Å². The Morgan fingerprint density at radius 1 is 1.17 bits per heavy atom. The van der Waals surface area contributed by atoms with Gasteiger partial charge in [-0.2, -0.15) is 0 Å². The second-order valence-electron chi connectivity index (χ2n) is 3.40. The Bertz CT molecular complexity index is 553. The van der Waals surface area contributed by atoms with E-state index in [2.05, 4.69) is 4.98 Å². The molecule has 0 radical (unpaired) electrons. The van der Waals surface area contributed by atoms with Crippen molar-refractivity contribution < 1.29 is 9.47 Å². The lowest BCUT2D eigenvalue weighted by Gasteiger charge is -2.12. The molecule has 0 unspecified atom stereocenters. The zero-order valence-corrected chi connectivity index (χ0v) is 11.0. The Morgan fingerprint density at radius 3 is 2.44 bits per heavy atom. The summed E-state index contributed by atoms with van der Waals surface area (Å²) >= 11 is 11.9. The molecule has 0 fully saturated rings. The molecule has 0 bridgehead atoms. The summed E-state index contributed by atoms with van der Waals surface area (Å²) in [4.78, 5) is 3.88. The number of halogens is 2. The summed E-state index contributed by atoms with van der Waals surface area (Å²) in [6.45, 7) is 0. The van der Waals surface area contributed by atoms with E-state index < -0.39 is 0 Å². The number of rotatable bonds is 3. The van der Waals surface area contributed by atoms with Crippen LogP contribution in [0.5, 0.6) is 17.2 Å². The van der Waals surface area contributed by atoms with Crippen LogP contribution in [0.25, 0.3) is 0 Å². The van der Waals surface area contributed by atoms with E-state index in [1.54, 1.807) is 19.2 Å². The average Bonchev–Trinajstić information content (AvgIpc) is 2.34. The third-order valence-electron chi connectivity index (χ3n) is 2.19. The van der Waals surface area contributed by atoms with Gasteiger partial charge in [-0.3, -0.25) is 0 Å². The van der Waals surface area contributed by atoms with E-state index in [1.165, 1.54) is 6.07 Å². The van der Waals surface area contributed by atoms with E-state index in [1.807, 2.05) is 12.1 Å². The van der Waals surface area contributed by atoms with Crippen molar-refractivity contribution in [1.82, 2.24) is 4.98 Å². The maximum atomic E-state index is 6.01. The van der Waals surface area contributed by atoms with Gasteiger partial charge in [-0.05, 0) is 12.1 Å². The molecule has 18 heavy (non-hydrogen) atoms. The van der Waals surface area contributed by atoms with Gasteiger partial charge in [-0.15, -0.1) is 0 Å². The first-order valence-electron chi connectivity index (χ1n) is 5.04. The summed E-state index contributed by atoms with van der Waals surface area (Å²) in [5.41, 5.74) is 5.52. The van der Waals surface area contributed by atoms with Gasteiger partial charge in [-0.25, -0.2) is 4.98 Å². The number of hydrogen-bond donors (Lipinski definition) is 1. The molecule has 0 saturated carbocycles. The molecule has 2 rings (SSSR count). The predicted molar refractivity (Wildman–Crippen MR) is 71.7 cm³/mol. The molecule has 0 spiro atoms. The van der Waals surface area contributed by atoms with Gasteiger partial charge in [0.2, 0.25) is 0 Å². The summed E-state index contributed by atoms with van der Waals surface area (Å²) in [5.74, 6) is 1.55. The van der Waals surface area contributed by atoms with Gasteiger partial charge in [0.1, 0.15) is 5.82 Å². The molecule has 94 valence electrons. The number of pyridine rings is 1. The van der Waals surface area contributed by atoms with E-state index in [4.69, 9.17) is 38.4 Å². The van der Waals surface area contributed by atoms with Crippen LogP contribution in [0.4, 0.5) is 5.82 Å². The fourth-order valence-electron chi connectivity index (χ4n) is 1.39. The first kappa shape index (κ1) is 12.8. The van der Waals surface area contributed by atoms with Crippen LogP contribution in [-0.4, -0.2) is 12.1 Å². The smallest absolute Gasteiger partial charge is 0.183 e. The first-order valence-corrected chi connectivity index (χ1v) is 5.80. The second-order valence-corrected chi connectivity index (χ2v) is 4.17. The molecule has 0 aliphatic rings. The van der Waals surface area contributed by atoms with Gasteiger partial charge in [0.05, 0.1) is 12.1 Å². The van der Waals surface area contributed by atoms with Gasteiger partial charge < -0.3 is 15.2 Å². The molecular formula is C12H10Cl2N2O2. The maximum Gasteiger partial charge on any atom is 0.183 e. The van der Waals surface area contributed by atoms with E-state index in [9.17, 15) is 0 Å². The van der Waals surface area contributed by atoms with Crippen LogP contribution in [0.3, 0.4) is 0 Å². The standard InChI is InChI=1S/C12H10Cl2N2O2/c1-17-8-4-2-3-5-9(8)18-11-7(13)6-10(15)16-12(11)14/h2-6H,1H3,(H2,15,16). The molecule has 4 nitrogen and oxygen atoms in total. The summed E-state index contributed by atoms with van der Waals surface area (Å²) in [5, 5.41) is 0.393. The molecule has 1 aromatic carbocycles. The highest BCUT2D eigenvalue weighted by Gasteiger charge is 2.13. The minimum absolute atomic E-state index is 0.103. The first-order chi connectivity index (χ1) is 8.61. The number of nitrogens with zero attached hydrogens (tertiary/aromatic N) is 1. The summed E-state index contributed by atoms with van der Waals surface area (Å²) in [6, 6.07) is 8.61. The number of methoxy groups -OCH3 is 1. The Hall–Kier alpha value is -1.65. The van der Waals surface area contributed by atoms with Crippen molar-refractivity contribution in [3.8, 4) is 17.2 Å². The van der Waals surface area contributed by atoms with Crippen LogP contribution >= 0.6 is 23.2 Å². The maximum absolute atomic E-state index is 6.01. The number of anilines is 1. The highest BCUT2D eigenvalue weighted by atomic mass is 35.5. The number of ether oxygens (including phenoxy) is 2. The zero-order valence-electron chi connectivity index (χ0n) is 9.48. The van der Waals surface area contributed by atoms with Gasteiger partial charge in [0.25, 0.3) is 0 Å². The number of para-hydroxylation sites is 2. The Labute approximate surface area is 114 Å². The molecule has 1 aromatic heterocycles. The SMILES string of the molecule is COc1ccccc1Oc1c(Cl)cc(N)nc1Cl. The number of nitrogen functional groups attached to an aromatic ring is 1. The van der Waals surface area contributed by atoms with Crippen molar-refractivity contribution in [2.24, 2.45) is 0 Å². The van der Waals surface area contributed by atoms with Gasteiger partial charge in [-0.1, -0.05) is 35.3 Å². The molecule has 1 heterocycles. The van der Waals surface area contributed by atoms with Gasteiger partial charge >= 0.3 is 0 Å². The predicted octanol–water partition coefficient (Wildman–Crippen LogP) is 3.77. The summed E-state index contributed by atoms with van der Waals surface area (Å²) in [6.07, 6.45) is 0. The average molecular weight is 285 g/mol. The number of hydrogen-bond acceptors (Lipinski definition) is 4. The Balaban J connectivity index is 2.40. The molecular weight excluding hydrogens is 275 g/mol. The minimum atomic E-state index is 0.103. The summed E-state index contributed by atoms with van der Waals surface area (Å²) in [7, 11) is 1.55. The highest BCUT2D eigenvalue weighted by Crippen LogP contribution is 2.39. The molecule has 2 N–H and O–H groups in total. The quantitative estimate of drug-likeness (QED) is 0.872.